The molecule has 3 aromatic rings. The average Bonchev–Trinajstić information content (AvgIpc) is 3.38. The van der Waals surface area contributed by atoms with E-state index in [0.717, 1.165) is 24.6 Å². The molecule has 0 amide bonds. The molecule has 13 heteroatoms. The molecule has 9 nitrogen and oxygen atoms in total. The third-order valence-corrected chi connectivity index (χ3v) is 5.06. The summed E-state index contributed by atoms with van der Waals surface area (Å²) in [6, 6.07) is 2.88. The predicted molar refractivity (Wildman–Crippen MR) is 92.2 cm³/mol. The standard InChI is InChI=1S/C15H16F3N7O2S/c1-26-8-10-19-14(28-23-10)24-5-4-9(6-24)7-27-12-3-2-11-20-21-13(15(16,17)18)25(11)22-12/h2-3,9H,4-8H2,1H3. The fourth-order valence-corrected chi connectivity index (χ4v) is 3.64. The maximum Gasteiger partial charge on any atom is 0.453 e. The largest absolute Gasteiger partial charge is 0.476 e. The van der Waals surface area contributed by atoms with Gasteiger partial charge in [-0.25, -0.2) is 4.98 Å². The van der Waals surface area contributed by atoms with E-state index in [4.69, 9.17) is 9.47 Å². The summed E-state index contributed by atoms with van der Waals surface area (Å²) in [5.41, 5.74) is 0.00912. The molecule has 150 valence electrons. The van der Waals surface area contributed by atoms with Gasteiger partial charge < -0.3 is 14.4 Å². The van der Waals surface area contributed by atoms with Crippen LogP contribution >= 0.6 is 11.5 Å². The van der Waals surface area contributed by atoms with Crippen molar-refractivity contribution in [1.29, 1.82) is 0 Å². The van der Waals surface area contributed by atoms with Crippen LogP contribution in [0.1, 0.15) is 18.1 Å². The summed E-state index contributed by atoms with van der Waals surface area (Å²) in [5, 5.41) is 11.3. The van der Waals surface area contributed by atoms with E-state index < -0.39 is 12.0 Å². The number of halogens is 3. The Morgan fingerprint density at radius 3 is 2.93 bits per heavy atom. The normalized spacial score (nSPS) is 17.6. The van der Waals surface area contributed by atoms with E-state index in [-0.39, 0.29) is 17.4 Å². The van der Waals surface area contributed by atoms with E-state index >= 15 is 0 Å². The molecule has 0 aromatic carbocycles. The van der Waals surface area contributed by atoms with Gasteiger partial charge >= 0.3 is 6.18 Å². The summed E-state index contributed by atoms with van der Waals surface area (Å²) in [4.78, 5) is 6.54. The van der Waals surface area contributed by atoms with Crippen molar-refractivity contribution < 1.29 is 22.6 Å². The Morgan fingerprint density at radius 1 is 1.29 bits per heavy atom. The predicted octanol–water partition coefficient (Wildman–Crippen LogP) is 2.05. The number of aromatic nitrogens is 6. The lowest BCUT2D eigenvalue weighted by Gasteiger charge is -2.14. The third-order valence-electron chi connectivity index (χ3n) is 4.25. The second-order valence-electron chi connectivity index (χ2n) is 6.30. The lowest BCUT2D eigenvalue weighted by Crippen LogP contribution is -2.22. The minimum atomic E-state index is -4.64. The Kier molecular flexibility index (Phi) is 5.02. The summed E-state index contributed by atoms with van der Waals surface area (Å²) in [7, 11) is 1.59. The van der Waals surface area contributed by atoms with Crippen molar-refractivity contribution >= 4 is 22.3 Å². The van der Waals surface area contributed by atoms with Gasteiger partial charge in [-0.1, -0.05) is 0 Å². The molecule has 4 rings (SSSR count). The molecular weight excluding hydrogens is 399 g/mol. The minimum Gasteiger partial charge on any atom is -0.476 e. The molecular formula is C15H16F3N7O2S. The molecule has 1 unspecified atom stereocenters. The molecule has 1 aliphatic heterocycles. The van der Waals surface area contributed by atoms with Crippen molar-refractivity contribution in [3.05, 3.63) is 23.8 Å². The Morgan fingerprint density at radius 2 is 2.14 bits per heavy atom. The molecule has 0 saturated carbocycles. The highest BCUT2D eigenvalue weighted by molar-refractivity contribution is 7.09. The van der Waals surface area contributed by atoms with Crippen LogP contribution in [-0.4, -0.2) is 56.0 Å². The molecule has 0 radical (unpaired) electrons. The lowest BCUT2D eigenvalue weighted by molar-refractivity contribution is -0.146. The zero-order valence-electron chi connectivity index (χ0n) is 14.8. The van der Waals surface area contributed by atoms with Crippen molar-refractivity contribution in [2.45, 2.75) is 19.2 Å². The van der Waals surface area contributed by atoms with Crippen molar-refractivity contribution in [3.63, 3.8) is 0 Å². The number of hydrogen-bond acceptors (Lipinski definition) is 9. The van der Waals surface area contributed by atoms with Gasteiger partial charge in [-0.15, -0.1) is 15.3 Å². The fraction of sp³-hybridized carbons (Fsp3) is 0.533. The molecule has 1 atom stereocenters. The second kappa shape index (κ2) is 7.47. The summed E-state index contributed by atoms with van der Waals surface area (Å²) < 4.78 is 54.4. The smallest absolute Gasteiger partial charge is 0.453 e. The van der Waals surface area contributed by atoms with Gasteiger partial charge in [0.25, 0.3) is 5.82 Å². The lowest BCUT2D eigenvalue weighted by atomic mass is 10.1. The van der Waals surface area contributed by atoms with Crippen molar-refractivity contribution in [2.75, 3.05) is 31.7 Å². The maximum atomic E-state index is 12.9. The molecule has 0 spiro atoms. The van der Waals surface area contributed by atoms with Gasteiger partial charge in [0.05, 0.1) is 6.61 Å². The number of rotatable bonds is 6. The summed E-state index contributed by atoms with van der Waals surface area (Å²) in [6.07, 6.45) is -3.76. The van der Waals surface area contributed by atoms with Gasteiger partial charge in [-0.3, -0.25) is 0 Å². The van der Waals surface area contributed by atoms with Gasteiger partial charge in [0, 0.05) is 43.7 Å². The van der Waals surface area contributed by atoms with Crippen LogP contribution in [0, 0.1) is 5.92 Å². The van der Waals surface area contributed by atoms with E-state index in [2.05, 4.69) is 29.6 Å². The quantitative estimate of drug-likeness (QED) is 0.604. The highest BCUT2D eigenvalue weighted by atomic mass is 32.1. The van der Waals surface area contributed by atoms with Crippen molar-refractivity contribution in [2.24, 2.45) is 5.92 Å². The van der Waals surface area contributed by atoms with E-state index in [9.17, 15) is 13.2 Å². The van der Waals surface area contributed by atoms with Crippen LogP contribution in [0.15, 0.2) is 12.1 Å². The zero-order valence-corrected chi connectivity index (χ0v) is 15.6. The second-order valence-corrected chi connectivity index (χ2v) is 7.03. The van der Waals surface area contributed by atoms with Gasteiger partial charge in [-0.2, -0.15) is 22.1 Å². The Bertz CT molecular complexity index is 961. The highest BCUT2D eigenvalue weighted by Crippen LogP contribution is 2.28. The third kappa shape index (κ3) is 3.85. The first-order valence-electron chi connectivity index (χ1n) is 8.43. The van der Waals surface area contributed by atoms with Crippen LogP contribution in [0.2, 0.25) is 0 Å². The number of nitrogens with zero attached hydrogens (tertiary/aromatic N) is 7. The number of ether oxygens (including phenoxy) is 2. The zero-order chi connectivity index (χ0) is 19.7. The van der Waals surface area contributed by atoms with Gasteiger partial charge in [0.1, 0.15) is 6.61 Å². The topological polar surface area (TPSA) is 90.6 Å². The van der Waals surface area contributed by atoms with Crippen molar-refractivity contribution in [3.8, 4) is 5.88 Å². The first kappa shape index (κ1) is 18.8. The average molecular weight is 415 g/mol. The van der Waals surface area contributed by atoms with E-state index in [1.165, 1.54) is 23.7 Å². The summed E-state index contributed by atoms with van der Waals surface area (Å²) in [6.45, 7) is 2.24. The molecule has 4 heterocycles. The number of anilines is 1. The van der Waals surface area contributed by atoms with Crippen LogP contribution in [0.4, 0.5) is 18.3 Å². The summed E-state index contributed by atoms with van der Waals surface area (Å²) >= 11 is 1.32. The van der Waals surface area contributed by atoms with Gasteiger partial charge in [0.2, 0.25) is 11.0 Å². The molecule has 0 N–H and O–H groups in total. The van der Waals surface area contributed by atoms with Crippen LogP contribution in [0.3, 0.4) is 0 Å². The first-order valence-corrected chi connectivity index (χ1v) is 9.20. The number of alkyl halides is 3. The van der Waals surface area contributed by atoms with Crippen LogP contribution < -0.4 is 9.64 Å². The van der Waals surface area contributed by atoms with Crippen LogP contribution in [-0.2, 0) is 17.5 Å². The Labute approximate surface area is 161 Å². The molecule has 3 aromatic heterocycles. The Balaban J connectivity index is 1.38. The fourth-order valence-electron chi connectivity index (χ4n) is 2.93. The van der Waals surface area contributed by atoms with E-state index in [1.54, 1.807) is 7.11 Å². The molecule has 0 bridgehead atoms. The number of methoxy groups -OCH3 is 1. The van der Waals surface area contributed by atoms with Gasteiger partial charge in [0.15, 0.2) is 11.5 Å². The van der Waals surface area contributed by atoms with E-state index in [0.29, 0.717) is 23.6 Å². The SMILES string of the molecule is COCc1nsc(N2CCC(COc3ccc4nnc(C(F)(F)F)n4n3)C2)n1. The highest BCUT2D eigenvalue weighted by Gasteiger charge is 2.37. The summed E-state index contributed by atoms with van der Waals surface area (Å²) in [5.74, 6) is -0.234. The minimum absolute atomic E-state index is 0.00912. The van der Waals surface area contributed by atoms with Gasteiger partial charge in [-0.05, 0) is 12.5 Å². The molecule has 28 heavy (non-hydrogen) atoms. The van der Waals surface area contributed by atoms with E-state index in [1.807, 2.05) is 0 Å². The van der Waals surface area contributed by atoms with Crippen molar-refractivity contribution in [1.82, 2.24) is 29.2 Å². The number of hydrogen-bond donors (Lipinski definition) is 0. The van der Waals surface area contributed by atoms with Crippen LogP contribution in [0.5, 0.6) is 5.88 Å². The molecule has 1 saturated heterocycles. The Hall–Kier alpha value is -2.54. The molecule has 1 fully saturated rings. The number of fused-ring (bicyclic) bond motifs is 1. The molecule has 0 aliphatic carbocycles. The maximum absolute atomic E-state index is 12.9. The molecule has 1 aliphatic rings. The monoisotopic (exact) mass is 415 g/mol. The first-order chi connectivity index (χ1) is 13.4. The van der Waals surface area contributed by atoms with Crippen LogP contribution in [0.25, 0.3) is 5.65 Å².